The SMILES string of the molecule is CC(=O)N/N=C1/CC2(CCN(C)CC2)OC1C. The molecule has 2 rings (SSSR count). The number of likely N-dealkylation sites (tertiary alicyclic amines) is 1. The molecule has 0 aromatic rings. The van der Waals surface area contributed by atoms with Crippen LogP contribution in [-0.4, -0.2) is 48.4 Å². The number of hydrogen-bond acceptors (Lipinski definition) is 4. The molecule has 2 saturated heterocycles. The van der Waals surface area contributed by atoms with Gasteiger partial charge in [0.2, 0.25) is 5.91 Å². The first kappa shape index (κ1) is 12.5. The average Bonchev–Trinajstić information content (AvgIpc) is 2.58. The van der Waals surface area contributed by atoms with Crippen molar-refractivity contribution < 1.29 is 9.53 Å². The highest BCUT2D eigenvalue weighted by Gasteiger charge is 2.44. The number of carbonyl (C=O) groups excluding carboxylic acids is 1. The molecule has 0 aromatic carbocycles. The summed E-state index contributed by atoms with van der Waals surface area (Å²) >= 11 is 0. The smallest absolute Gasteiger partial charge is 0.236 e. The molecule has 0 saturated carbocycles. The van der Waals surface area contributed by atoms with Crippen molar-refractivity contribution in [2.45, 2.75) is 44.8 Å². The lowest BCUT2D eigenvalue weighted by Crippen LogP contribution is -2.42. The number of nitrogens with one attached hydrogen (secondary N) is 1. The van der Waals surface area contributed by atoms with E-state index in [2.05, 4.69) is 22.5 Å². The summed E-state index contributed by atoms with van der Waals surface area (Å²) in [4.78, 5) is 13.2. The van der Waals surface area contributed by atoms with Crippen molar-refractivity contribution in [1.82, 2.24) is 10.3 Å². The van der Waals surface area contributed by atoms with Crippen molar-refractivity contribution in [3.63, 3.8) is 0 Å². The first-order valence-corrected chi connectivity index (χ1v) is 6.20. The summed E-state index contributed by atoms with van der Waals surface area (Å²) in [6.45, 7) is 5.61. The molecule has 1 unspecified atom stereocenters. The lowest BCUT2D eigenvalue weighted by Gasteiger charge is -2.36. The molecule has 5 heteroatoms. The molecule has 2 fully saturated rings. The summed E-state index contributed by atoms with van der Waals surface area (Å²) in [6, 6.07) is 0. The van der Waals surface area contributed by atoms with Gasteiger partial charge in [0.25, 0.3) is 0 Å². The van der Waals surface area contributed by atoms with E-state index in [-0.39, 0.29) is 17.6 Å². The second kappa shape index (κ2) is 4.74. The maximum absolute atomic E-state index is 10.9. The Balaban J connectivity index is 2.01. The van der Waals surface area contributed by atoms with Crippen LogP contribution in [0.3, 0.4) is 0 Å². The number of nitrogens with zero attached hydrogens (tertiary/aromatic N) is 2. The van der Waals surface area contributed by atoms with Crippen molar-refractivity contribution in [3.8, 4) is 0 Å². The largest absolute Gasteiger partial charge is 0.366 e. The van der Waals surface area contributed by atoms with E-state index >= 15 is 0 Å². The van der Waals surface area contributed by atoms with Gasteiger partial charge >= 0.3 is 0 Å². The minimum absolute atomic E-state index is 0.0188. The van der Waals surface area contributed by atoms with Gasteiger partial charge in [-0.1, -0.05) is 0 Å². The van der Waals surface area contributed by atoms with E-state index in [4.69, 9.17) is 4.74 Å². The molecule has 2 heterocycles. The topological polar surface area (TPSA) is 53.9 Å². The molecule has 1 atom stereocenters. The highest BCUT2D eigenvalue weighted by atomic mass is 16.5. The molecule has 1 N–H and O–H groups in total. The number of rotatable bonds is 1. The van der Waals surface area contributed by atoms with Crippen LogP contribution < -0.4 is 5.43 Å². The fraction of sp³-hybridized carbons (Fsp3) is 0.833. The summed E-state index contributed by atoms with van der Waals surface area (Å²) in [5.74, 6) is -0.131. The zero-order valence-corrected chi connectivity index (χ0v) is 10.8. The van der Waals surface area contributed by atoms with Gasteiger partial charge in [0.05, 0.1) is 17.4 Å². The number of piperidine rings is 1. The summed E-state index contributed by atoms with van der Waals surface area (Å²) in [5, 5.41) is 4.15. The van der Waals surface area contributed by atoms with E-state index in [1.54, 1.807) is 0 Å². The molecule has 0 bridgehead atoms. The number of ether oxygens (including phenoxy) is 1. The third-order valence-electron chi connectivity index (χ3n) is 3.65. The standard InChI is InChI=1S/C12H21N3O2/c1-9-11(14-13-10(2)16)8-12(17-9)4-6-15(3)7-5-12/h9H,4-8H2,1-3H3,(H,13,16)/b14-11-. The molecule has 0 aromatic heterocycles. The van der Waals surface area contributed by atoms with Crippen LogP contribution >= 0.6 is 0 Å². The Morgan fingerprint density at radius 2 is 2.18 bits per heavy atom. The molecular formula is C12H21N3O2. The predicted octanol–water partition coefficient (Wildman–Crippen LogP) is 0.752. The second-order valence-corrected chi connectivity index (χ2v) is 5.19. The number of amides is 1. The monoisotopic (exact) mass is 239 g/mol. The quantitative estimate of drug-likeness (QED) is 0.687. The van der Waals surface area contributed by atoms with Gasteiger partial charge in [-0.05, 0) is 26.8 Å². The first-order chi connectivity index (χ1) is 8.01. The van der Waals surface area contributed by atoms with Crippen LogP contribution in [0, 0.1) is 0 Å². The summed E-state index contributed by atoms with van der Waals surface area (Å²) in [6.07, 6.45) is 2.97. The third kappa shape index (κ3) is 2.84. The number of hydrogen-bond donors (Lipinski definition) is 1. The average molecular weight is 239 g/mol. The molecule has 0 aliphatic carbocycles. The van der Waals surface area contributed by atoms with Crippen LogP contribution in [0.5, 0.6) is 0 Å². The predicted molar refractivity (Wildman–Crippen MR) is 65.9 cm³/mol. The van der Waals surface area contributed by atoms with Crippen molar-refractivity contribution >= 4 is 11.6 Å². The molecule has 17 heavy (non-hydrogen) atoms. The Bertz CT molecular complexity index is 333. The van der Waals surface area contributed by atoms with Crippen LogP contribution in [0.4, 0.5) is 0 Å². The second-order valence-electron chi connectivity index (χ2n) is 5.19. The molecule has 5 nitrogen and oxygen atoms in total. The first-order valence-electron chi connectivity index (χ1n) is 6.20. The molecule has 2 aliphatic rings. The van der Waals surface area contributed by atoms with Gasteiger partial charge in [-0.2, -0.15) is 5.10 Å². The van der Waals surface area contributed by atoms with Gasteiger partial charge in [0, 0.05) is 26.4 Å². The lowest BCUT2D eigenvalue weighted by atomic mass is 9.88. The molecule has 1 spiro atoms. The maximum atomic E-state index is 10.9. The van der Waals surface area contributed by atoms with Crippen molar-refractivity contribution in [2.75, 3.05) is 20.1 Å². The minimum Gasteiger partial charge on any atom is -0.366 e. The maximum Gasteiger partial charge on any atom is 0.236 e. The molecule has 1 amide bonds. The highest BCUT2D eigenvalue weighted by Crippen LogP contribution is 2.37. The normalized spacial score (nSPS) is 31.0. The van der Waals surface area contributed by atoms with Crippen LogP contribution in [-0.2, 0) is 9.53 Å². The zero-order chi connectivity index (χ0) is 12.5. The fourth-order valence-electron chi connectivity index (χ4n) is 2.56. The van der Waals surface area contributed by atoms with Crippen LogP contribution in [0.2, 0.25) is 0 Å². The molecular weight excluding hydrogens is 218 g/mol. The number of carbonyl (C=O) groups is 1. The molecule has 96 valence electrons. The Morgan fingerprint density at radius 1 is 1.53 bits per heavy atom. The van der Waals surface area contributed by atoms with E-state index in [1.807, 2.05) is 6.92 Å². The van der Waals surface area contributed by atoms with Gasteiger partial charge in [0.15, 0.2) is 0 Å². The van der Waals surface area contributed by atoms with Crippen molar-refractivity contribution in [2.24, 2.45) is 5.10 Å². The molecule has 2 aliphatic heterocycles. The van der Waals surface area contributed by atoms with E-state index in [0.717, 1.165) is 38.1 Å². The summed E-state index contributed by atoms with van der Waals surface area (Å²) < 4.78 is 6.07. The van der Waals surface area contributed by atoms with Crippen molar-refractivity contribution in [3.05, 3.63) is 0 Å². The number of hydrazone groups is 1. The van der Waals surface area contributed by atoms with E-state index < -0.39 is 0 Å². The summed E-state index contributed by atoms with van der Waals surface area (Å²) in [7, 11) is 2.14. The Kier molecular flexibility index (Phi) is 3.49. The Labute approximate surface area is 102 Å². The highest BCUT2D eigenvalue weighted by molar-refractivity contribution is 5.92. The van der Waals surface area contributed by atoms with E-state index in [9.17, 15) is 4.79 Å². The van der Waals surface area contributed by atoms with Crippen molar-refractivity contribution in [1.29, 1.82) is 0 Å². The molecule has 0 radical (unpaired) electrons. The van der Waals surface area contributed by atoms with E-state index in [0.29, 0.717) is 0 Å². The van der Waals surface area contributed by atoms with Gasteiger partial charge in [-0.3, -0.25) is 4.79 Å². The zero-order valence-electron chi connectivity index (χ0n) is 10.8. The van der Waals surface area contributed by atoms with Crippen LogP contribution in [0.25, 0.3) is 0 Å². The Hall–Kier alpha value is -0.940. The fourth-order valence-corrected chi connectivity index (χ4v) is 2.56. The minimum atomic E-state index is -0.131. The van der Waals surface area contributed by atoms with Gasteiger partial charge in [0.1, 0.15) is 0 Å². The summed E-state index contributed by atoms with van der Waals surface area (Å²) in [5.41, 5.74) is 3.43. The van der Waals surface area contributed by atoms with Gasteiger partial charge in [-0.25, -0.2) is 5.43 Å². The third-order valence-corrected chi connectivity index (χ3v) is 3.65. The van der Waals surface area contributed by atoms with Gasteiger partial charge in [-0.15, -0.1) is 0 Å². The van der Waals surface area contributed by atoms with Gasteiger partial charge < -0.3 is 9.64 Å². The van der Waals surface area contributed by atoms with E-state index in [1.165, 1.54) is 6.92 Å². The van der Waals surface area contributed by atoms with Crippen LogP contribution in [0.1, 0.15) is 33.1 Å². The lowest BCUT2D eigenvalue weighted by molar-refractivity contribution is -0.118. The Morgan fingerprint density at radius 3 is 2.76 bits per heavy atom. The van der Waals surface area contributed by atoms with Crippen LogP contribution in [0.15, 0.2) is 5.10 Å².